The number of Topliss-reactive ketones (excluding diaryl/α,β-unsaturated/α-hetero) is 1. The second kappa shape index (κ2) is 9.68. The highest BCUT2D eigenvalue weighted by molar-refractivity contribution is 5.97. The van der Waals surface area contributed by atoms with Gasteiger partial charge in [0, 0.05) is 18.5 Å². The molecule has 2 aromatic rings. The van der Waals surface area contributed by atoms with Gasteiger partial charge in [0.2, 0.25) is 11.7 Å². The van der Waals surface area contributed by atoms with Gasteiger partial charge in [0.25, 0.3) is 5.91 Å². The summed E-state index contributed by atoms with van der Waals surface area (Å²) in [5, 5.41) is 4.98. The average Bonchev–Trinajstić information content (AvgIpc) is 2.69. The molecule has 8 heteroatoms. The lowest BCUT2D eigenvalue weighted by Gasteiger charge is -2.19. The zero-order valence-corrected chi connectivity index (χ0v) is 14.8. The van der Waals surface area contributed by atoms with Gasteiger partial charge in [0.1, 0.15) is 6.04 Å². The van der Waals surface area contributed by atoms with Gasteiger partial charge in [0.05, 0.1) is 0 Å². The van der Waals surface area contributed by atoms with Gasteiger partial charge in [-0.1, -0.05) is 48.5 Å². The fourth-order valence-corrected chi connectivity index (χ4v) is 2.43. The lowest BCUT2D eigenvalue weighted by Crippen LogP contribution is -2.47. The molecule has 0 fully saturated rings. The van der Waals surface area contributed by atoms with Crippen molar-refractivity contribution in [1.29, 1.82) is 0 Å². The van der Waals surface area contributed by atoms with Crippen molar-refractivity contribution >= 4 is 17.6 Å². The van der Waals surface area contributed by atoms with E-state index in [1.54, 1.807) is 48.5 Å². The summed E-state index contributed by atoms with van der Waals surface area (Å²) >= 11 is 0. The molecule has 0 bridgehead atoms. The van der Waals surface area contributed by atoms with Crippen LogP contribution in [0.2, 0.25) is 0 Å². The minimum Gasteiger partial charge on any atom is -0.350 e. The number of hydrogen-bond donors (Lipinski definition) is 2. The number of hydrogen-bond acceptors (Lipinski definition) is 3. The summed E-state index contributed by atoms with van der Waals surface area (Å²) in [4.78, 5) is 35.9. The van der Waals surface area contributed by atoms with E-state index in [1.807, 2.05) is 0 Å². The van der Waals surface area contributed by atoms with E-state index in [-0.39, 0.29) is 12.1 Å². The Bertz CT molecular complexity index is 808. The summed E-state index contributed by atoms with van der Waals surface area (Å²) in [6, 6.07) is 15.6. The predicted molar refractivity (Wildman–Crippen MR) is 96.3 cm³/mol. The van der Waals surface area contributed by atoms with Crippen LogP contribution in [-0.4, -0.2) is 29.8 Å². The van der Waals surface area contributed by atoms with E-state index in [0.717, 1.165) is 5.56 Å². The van der Waals surface area contributed by atoms with Gasteiger partial charge in [-0.25, -0.2) is 0 Å². The number of carbonyl (C=O) groups excluding carboxylic acids is 3. The van der Waals surface area contributed by atoms with E-state index in [4.69, 9.17) is 0 Å². The number of halogens is 3. The van der Waals surface area contributed by atoms with Gasteiger partial charge in [-0.2, -0.15) is 13.2 Å². The molecule has 2 amide bonds. The fraction of sp³-hybridized carbons (Fsp3) is 0.250. The molecular weight excluding hydrogens is 373 g/mol. The molecule has 28 heavy (non-hydrogen) atoms. The van der Waals surface area contributed by atoms with Gasteiger partial charge in [-0.15, -0.1) is 0 Å². The number of alkyl halides is 3. The second-order valence-electron chi connectivity index (χ2n) is 6.06. The third-order valence-corrected chi connectivity index (χ3v) is 3.94. The normalized spacial score (nSPS) is 12.1. The van der Waals surface area contributed by atoms with Crippen molar-refractivity contribution in [3.63, 3.8) is 0 Å². The van der Waals surface area contributed by atoms with Crippen LogP contribution in [-0.2, 0) is 16.1 Å². The van der Waals surface area contributed by atoms with Crippen LogP contribution in [0, 0.1) is 0 Å². The Morgan fingerprint density at radius 1 is 0.893 bits per heavy atom. The third-order valence-electron chi connectivity index (χ3n) is 3.94. The average molecular weight is 392 g/mol. The molecule has 0 heterocycles. The molecule has 0 spiro atoms. The minimum absolute atomic E-state index is 0.143. The van der Waals surface area contributed by atoms with E-state index < -0.39 is 42.7 Å². The van der Waals surface area contributed by atoms with Crippen LogP contribution in [0.15, 0.2) is 60.7 Å². The van der Waals surface area contributed by atoms with Crippen LogP contribution in [0.5, 0.6) is 0 Å². The van der Waals surface area contributed by atoms with E-state index in [2.05, 4.69) is 10.6 Å². The Morgan fingerprint density at radius 3 is 2.04 bits per heavy atom. The number of benzene rings is 2. The third kappa shape index (κ3) is 6.53. The van der Waals surface area contributed by atoms with E-state index >= 15 is 0 Å². The van der Waals surface area contributed by atoms with Crippen molar-refractivity contribution in [2.75, 3.05) is 0 Å². The molecule has 0 aliphatic rings. The van der Waals surface area contributed by atoms with Crippen molar-refractivity contribution < 1.29 is 27.6 Å². The maximum absolute atomic E-state index is 12.5. The van der Waals surface area contributed by atoms with Gasteiger partial charge in [0.15, 0.2) is 0 Å². The molecule has 1 atom stereocenters. The number of nitrogens with one attached hydrogen (secondary N) is 2. The molecule has 5 nitrogen and oxygen atoms in total. The molecule has 0 aliphatic heterocycles. The zero-order chi connectivity index (χ0) is 20.6. The van der Waals surface area contributed by atoms with Crippen LogP contribution in [0.3, 0.4) is 0 Å². The standard InChI is InChI=1S/C20H19F3N2O3/c21-20(22,23)17(26)12-11-16(25-18(27)15-9-5-2-6-10-15)19(28)24-13-14-7-3-1-4-8-14/h1-10,16H,11-13H2,(H,24,28)(H,25,27). The van der Waals surface area contributed by atoms with Crippen molar-refractivity contribution in [2.24, 2.45) is 0 Å². The van der Waals surface area contributed by atoms with Crippen LogP contribution >= 0.6 is 0 Å². The van der Waals surface area contributed by atoms with Crippen LogP contribution in [0.1, 0.15) is 28.8 Å². The Balaban J connectivity index is 2.04. The summed E-state index contributed by atoms with van der Waals surface area (Å²) in [6.07, 6.45) is -6.34. The molecule has 148 valence electrons. The zero-order valence-electron chi connectivity index (χ0n) is 14.8. The molecule has 0 saturated heterocycles. The lowest BCUT2D eigenvalue weighted by molar-refractivity contribution is -0.171. The van der Waals surface area contributed by atoms with E-state index in [1.165, 1.54) is 12.1 Å². The maximum Gasteiger partial charge on any atom is 0.449 e. The topological polar surface area (TPSA) is 75.3 Å². The smallest absolute Gasteiger partial charge is 0.350 e. The molecule has 0 saturated carbocycles. The summed E-state index contributed by atoms with van der Waals surface area (Å²) in [5.41, 5.74) is 1.04. The molecule has 2 aromatic carbocycles. The molecular formula is C20H19F3N2O3. The molecule has 2 rings (SSSR count). The number of amides is 2. The monoisotopic (exact) mass is 392 g/mol. The van der Waals surface area contributed by atoms with Crippen LogP contribution in [0.25, 0.3) is 0 Å². The van der Waals surface area contributed by atoms with Crippen molar-refractivity contribution in [3.05, 3.63) is 71.8 Å². The first-order chi connectivity index (χ1) is 13.3. The van der Waals surface area contributed by atoms with E-state index in [9.17, 15) is 27.6 Å². The maximum atomic E-state index is 12.5. The number of ketones is 1. The first kappa shape index (κ1) is 21.1. The van der Waals surface area contributed by atoms with Crippen molar-refractivity contribution in [2.45, 2.75) is 31.6 Å². The number of rotatable bonds is 8. The summed E-state index contributed by atoms with van der Waals surface area (Å²) in [7, 11) is 0. The van der Waals surface area contributed by atoms with Crippen LogP contribution in [0.4, 0.5) is 13.2 Å². The Labute approximate surface area is 159 Å². The first-order valence-corrected chi connectivity index (χ1v) is 8.55. The Kier molecular flexibility index (Phi) is 7.31. The summed E-state index contributed by atoms with van der Waals surface area (Å²) < 4.78 is 37.4. The highest BCUT2D eigenvalue weighted by Gasteiger charge is 2.38. The molecule has 0 aliphatic carbocycles. The van der Waals surface area contributed by atoms with E-state index in [0.29, 0.717) is 0 Å². The largest absolute Gasteiger partial charge is 0.449 e. The highest BCUT2D eigenvalue weighted by Crippen LogP contribution is 2.19. The van der Waals surface area contributed by atoms with Crippen molar-refractivity contribution in [1.82, 2.24) is 10.6 Å². The Hall–Kier alpha value is -3.16. The molecule has 0 radical (unpaired) electrons. The fourth-order valence-electron chi connectivity index (χ4n) is 2.43. The van der Waals surface area contributed by atoms with Crippen LogP contribution < -0.4 is 10.6 Å². The quantitative estimate of drug-likeness (QED) is 0.725. The first-order valence-electron chi connectivity index (χ1n) is 8.55. The minimum atomic E-state index is -4.98. The lowest BCUT2D eigenvalue weighted by atomic mass is 10.1. The predicted octanol–water partition coefficient (Wildman–Crippen LogP) is 3.01. The SMILES string of the molecule is O=C(NC(CCC(=O)C(F)(F)F)C(=O)NCc1ccccc1)c1ccccc1. The summed E-state index contributed by atoms with van der Waals surface area (Å²) in [6.45, 7) is 0.143. The van der Waals surface area contributed by atoms with Crippen molar-refractivity contribution in [3.8, 4) is 0 Å². The van der Waals surface area contributed by atoms with Gasteiger partial charge in [-0.05, 0) is 24.1 Å². The Morgan fingerprint density at radius 2 is 1.46 bits per heavy atom. The van der Waals surface area contributed by atoms with Gasteiger partial charge < -0.3 is 10.6 Å². The van der Waals surface area contributed by atoms with Gasteiger partial charge >= 0.3 is 6.18 Å². The van der Waals surface area contributed by atoms with Gasteiger partial charge in [-0.3, -0.25) is 14.4 Å². The highest BCUT2D eigenvalue weighted by atomic mass is 19.4. The second-order valence-corrected chi connectivity index (χ2v) is 6.06. The molecule has 0 aromatic heterocycles. The number of carbonyl (C=O) groups is 3. The molecule has 2 N–H and O–H groups in total. The molecule has 1 unspecified atom stereocenters. The summed E-state index contributed by atoms with van der Waals surface area (Å²) in [5.74, 6) is -3.22.